The first-order valence-corrected chi connectivity index (χ1v) is 38.1. The number of nitrogens with two attached hydrogens (primary N) is 11. The van der Waals surface area contributed by atoms with E-state index in [-0.39, 0.29) is 158 Å². The van der Waals surface area contributed by atoms with Crippen molar-refractivity contribution in [2.24, 2.45) is 94.9 Å². The number of carbonyl (C=O) groups is 14. The predicted molar refractivity (Wildman–Crippen MR) is 409 cm³/mol. The SMILES string of the molecule is CSCC[C@H](NC(=O)[C@H](CC(N)=O)NC(=O)[C@H](CC(C)C)NC(=O)[C@H](CCC(N)=O)NC(=O)[C@H](CCCN=C(N)N)NC(=O)[C@H](CCCN=C(N)N)NC(=O)[C@H](CCCCN)NC(=O)[C@H](CCCN=C(N)N)NC(=O)[C@H](CC(C)C)NC(=O)[C@H](CCCN=C(N)N)NC(=O)[C@@H]1CCCN1C(=O)[C@@H]1CCCN1)C(=O)O. The number of rotatable bonds is 54. The second-order valence-corrected chi connectivity index (χ2v) is 28.6. The monoisotopic (exact) mass is 1560 g/mol. The molecule has 616 valence electrons. The summed E-state index contributed by atoms with van der Waals surface area (Å²) in [6.07, 6.45) is 2.19. The zero-order valence-corrected chi connectivity index (χ0v) is 64.1. The molecule has 34 N–H and O–H groups in total. The zero-order valence-electron chi connectivity index (χ0n) is 63.2. The van der Waals surface area contributed by atoms with Gasteiger partial charge in [0.25, 0.3) is 0 Å². The molecule has 0 aromatic carbocycles. The summed E-state index contributed by atoms with van der Waals surface area (Å²) in [5.41, 5.74) is 61.7. The Morgan fingerprint density at radius 3 is 1.12 bits per heavy atom. The third-order valence-electron chi connectivity index (χ3n) is 17.3. The molecule has 43 heteroatoms. The number of guanidine groups is 4. The summed E-state index contributed by atoms with van der Waals surface area (Å²) in [5, 5.41) is 38.9. The quantitative estimate of drug-likeness (QED) is 0.0153. The van der Waals surface area contributed by atoms with Crippen molar-refractivity contribution >= 4 is 118 Å². The summed E-state index contributed by atoms with van der Waals surface area (Å²) in [6, 6.07) is -16.4. The van der Waals surface area contributed by atoms with E-state index >= 15 is 0 Å². The van der Waals surface area contributed by atoms with Gasteiger partial charge in [-0.2, -0.15) is 11.8 Å². The van der Waals surface area contributed by atoms with Crippen molar-refractivity contribution in [1.29, 1.82) is 0 Å². The van der Waals surface area contributed by atoms with Gasteiger partial charge in [0.2, 0.25) is 76.8 Å². The second-order valence-electron chi connectivity index (χ2n) is 27.6. The van der Waals surface area contributed by atoms with Crippen LogP contribution in [0.2, 0.25) is 0 Å². The number of nitrogens with one attached hydrogen (secondary N) is 11. The molecular weight excluding hydrogens is 1440 g/mol. The standard InChI is InChI=1S/C66H121N27O15S/c1-35(2)32-45(90-55(100)41(18-11-29-82-66(76)77)88-60(105)48-20-13-30-93(48)61(106)43-19-12-25-78-43)57(102)86-40(17-10-28-81-65(74)75)53(98)83-37(14-6-7-24-67)51(96)84-38(15-8-26-79-63(70)71)52(97)85-39(16-9-27-80-64(72)73)54(99)87-42(21-22-49(68)94)56(101)91-46(33-36(3)4)58(103)92-47(34-50(69)95)59(104)89-44(62(107)108)23-31-109-5/h35-48,78H,6-34,67H2,1-5H3,(H2,68,94)(H2,69,95)(H,83,98)(H,84,96)(H,85,97)(H,86,102)(H,87,99)(H,88,105)(H,89,104)(H,90,100)(H,91,101)(H,92,103)(H,107,108)(H4,70,71,79)(H4,72,73,80)(H4,74,75,81)(H4,76,77,82)/t37-,38-,39-,40-,41-,42-,43-,44-,45-,46-,47-,48-/m0/s1. The van der Waals surface area contributed by atoms with Gasteiger partial charge in [-0.15, -0.1) is 0 Å². The molecule has 0 spiro atoms. The van der Waals surface area contributed by atoms with Gasteiger partial charge in [-0.3, -0.25) is 82.3 Å². The van der Waals surface area contributed by atoms with Crippen molar-refractivity contribution in [3.63, 3.8) is 0 Å². The number of hydrogen-bond donors (Lipinski definition) is 23. The second kappa shape index (κ2) is 51.3. The third kappa shape index (κ3) is 38.5. The van der Waals surface area contributed by atoms with E-state index in [0.29, 0.717) is 44.5 Å². The summed E-state index contributed by atoms with van der Waals surface area (Å²) in [4.78, 5) is 212. The fourth-order valence-electron chi connectivity index (χ4n) is 11.8. The maximum atomic E-state index is 14.9. The molecule has 2 aliphatic heterocycles. The lowest BCUT2D eigenvalue weighted by Crippen LogP contribution is -2.61. The van der Waals surface area contributed by atoms with Gasteiger partial charge in [0.1, 0.15) is 66.5 Å². The zero-order chi connectivity index (χ0) is 81.9. The van der Waals surface area contributed by atoms with Gasteiger partial charge >= 0.3 is 5.97 Å². The van der Waals surface area contributed by atoms with E-state index in [1.54, 1.807) is 34.0 Å². The highest BCUT2D eigenvalue weighted by Crippen LogP contribution is 2.22. The Labute approximate surface area is 639 Å². The number of hydrogen-bond acceptors (Lipinski definition) is 21. The van der Waals surface area contributed by atoms with E-state index in [2.05, 4.69) is 78.5 Å². The number of nitrogens with zero attached hydrogens (tertiary/aromatic N) is 5. The molecule has 0 radical (unpaired) electrons. The minimum Gasteiger partial charge on any atom is -0.480 e. The Hall–Kier alpha value is -10.1. The van der Waals surface area contributed by atoms with E-state index in [0.717, 1.165) is 6.42 Å². The summed E-state index contributed by atoms with van der Waals surface area (Å²) < 4.78 is 0. The summed E-state index contributed by atoms with van der Waals surface area (Å²) >= 11 is 1.31. The van der Waals surface area contributed by atoms with Crippen LogP contribution in [0.4, 0.5) is 0 Å². The van der Waals surface area contributed by atoms with Crippen LogP contribution in [0, 0.1) is 11.8 Å². The van der Waals surface area contributed by atoms with Crippen LogP contribution < -0.4 is 122 Å². The number of carboxylic acids is 1. The first kappa shape index (κ1) is 95.0. The van der Waals surface area contributed by atoms with Crippen LogP contribution in [0.15, 0.2) is 20.0 Å². The topological polar surface area (TPSA) is 730 Å². The van der Waals surface area contributed by atoms with Crippen molar-refractivity contribution in [3.8, 4) is 0 Å². The normalized spacial score (nSPS) is 16.6. The fraction of sp³-hybridized carbons (Fsp3) is 0.727. The molecular formula is C66H121N27O15S. The van der Waals surface area contributed by atoms with Crippen molar-refractivity contribution in [3.05, 3.63) is 0 Å². The highest BCUT2D eigenvalue weighted by atomic mass is 32.2. The summed E-state index contributed by atoms with van der Waals surface area (Å²) in [6.45, 7) is 7.96. The minimum absolute atomic E-state index is 0.00482. The van der Waals surface area contributed by atoms with Gasteiger partial charge in [-0.25, -0.2) is 4.79 Å². The average Bonchev–Trinajstić information content (AvgIpc) is 1.76. The number of thioether (sulfide) groups is 1. The first-order valence-electron chi connectivity index (χ1n) is 36.8. The molecule has 2 fully saturated rings. The third-order valence-corrected chi connectivity index (χ3v) is 18.0. The summed E-state index contributed by atoms with van der Waals surface area (Å²) in [7, 11) is 0. The van der Waals surface area contributed by atoms with Gasteiger partial charge in [-0.05, 0) is 159 Å². The maximum Gasteiger partial charge on any atom is 0.326 e. The Morgan fingerprint density at radius 1 is 0.431 bits per heavy atom. The molecule has 109 heavy (non-hydrogen) atoms. The minimum atomic E-state index is -1.72. The van der Waals surface area contributed by atoms with E-state index in [1.807, 2.05) is 0 Å². The predicted octanol–water partition coefficient (Wildman–Crippen LogP) is -8.01. The fourth-order valence-corrected chi connectivity index (χ4v) is 12.3. The molecule has 0 unspecified atom stereocenters. The molecule has 13 amide bonds. The van der Waals surface area contributed by atoms with Crippen LogP contribution in [0.5, 0.6) is 0 Å². The van der Waals surface area contributed by atoms with Crippen molar-refractivity contribution in [1.82, 2.24) is 63.4 Å². The molecule has 0 bridgehead atoms. The molecule has 2 heterocycles. The Balaban J connectivity index is 2.67. The average molecular weight is 1560 g/mol. The van der Waals surface area contributed by atoms with Gasteiger partial charge in [-0.1, -0.05) is 27.7 Å². The largest absolute Gasteiger partial charge is 0.480 e. The number of carboxylic acid groups (broad SMARTS) is 1. The number of unbranched alkanes of at least 4 members (excludes halogenated alkanes) is 1. The van der Waals surface area contributed by atoms with E-state index < -0.39 is 169 Å². The molecule has 0 aliphatic carbocycles. The van der Waals surface area contributed by atoms with Gasteiger partial charge < -0.3 is 132 Å². The molecule has 2 aliphatic rings. The van der Waals surface area contributed by atoms with Crippen LogP contribution in [0.1, 0.15) is 163 Å². The number of aliphatic imine (C=N–C) groups is 4. The summed E-state index contributed by atoms with van der Waals surface area (Å²) in [5.74, 6) is -14.2. The van der Waals surface area contributed by atoms with Gasteiger partial charge in [0.15, 0.2) is 23.8 Å². The molecule has 0 aromatic rings. The van der Waals surface area contributed by atoms with Crippen LogP contribution in [0.3, 0.4) is 0 Å². The number of aliphatic carboxylic acids is 1. The number of likely N-dealkylation sites (tertiary alicyclic amines) is 1. The molecule has 2 rings (SSSR count). The Kier molecular flexibility index (Phi) is 44.7. The maximum absolute atomic E-state index is 14.9. The van der Waals surface area contributed by atoms with Crippen molar-refractivity contribution < 1.29 is 72.2 Å². The molecule has 42 nitrogen and oxygen atoms in total. The van der Waals surface area contributed by atoms with Crippen LogP contribution in [-0.4, -0.2) is 247 Å². The number of carbonyl (C=O) groups excluding carboxylic acids is 13. The number of amides is 13. The van der Waals surface area contributed by atoms with E-state index in [4.69, 9.17) is 63.1 Å². The van der Waals surface area contributed by atoms with Crippen LogP contribution in [-0.2, 0) is 67.1 Å². The molecule has 0 aromatic heterocycles. The lowest BCUT2D eigenvalue weighted by molar-refractivity contribution is -0.142. The van der Waals surface area contributed by atoms with Crippen molar-refractivity contribution in [2.45, 2.75) is 235 Å². The smallest absolute Gasteiger partial charge is 0.326 e. The lowest BCUT2D eigenvalue weighted by Gasteiger charge is -2.30. The lowest BCUT2D eigenvalue weighted by atomic mass is 10.0. The first-order chi connectivity index (χ1) is 51.5. The highest BCUT2D eigenvalue weighted by Gasteiger charge is 2.41. The molecule has 0 saturated carbocycles. The molecule has 2 saturated heterocycles. The number of primary amides is 2. The van der Waals surface area contributed by atoms with Crippen LogP contribution in [0.25, 0.3) is 0 Å². The van der Waals surface area contributed by atoms with E-state index in [1.165, 1.54) is 16.7 Å². The van der Waals surface area contributed by atoms with Gasteiger partial charge in [0, 0.05) is 39.1 Å². The Bertz CT molecular complexity index is 3140. The highest BCUT2D eigenvalue weighted by molar-refractivity contribution is 7.98. The van der Waals surface area contributed by atoms with Crippen molar-refractivity contribution in [2.75, 3.05) is 57.8 Å². The molecule has 12 atom stereocenters. The van der Waals surface area contributed by atoms with Crippen LogP contribution >= 0.6 is 11.8 Å². The Morgan fingerprint density at radius 2 is 0.780 bits per heavy atom. The van der Waals surface area contributed by atoms with Gasteiger partial charge in [0.05, 0.1) is 12.5 Å². The van der Waals surface area contributed by atoms with E-state index in [9.17, 15) is 72.2 Å².